The molecule has 2 nitrogen and oxygen atoms in total. The van der Waals surface area contributed by atoms with Gasteiger partial charge in [0.2, 0.25) is 0 Å². The Morgan fingerprint density at radius 1 is 1.33 bits per heavy atom. The van der Waals surface area contributed by atoms with E-state index in [1.165, 1.54) is 5.56 Å². The summed E-state index contributed by atoms with van der Waals surface area (Å²) in [6.07, 6.45) is 4.57. The van der Waals surface area contributed by atoms with Crippen LogP contribution in [0.25, 0.3) is 0 Å². The van der Waals surface area contributed by atoms with E-state index in [2.05, 4.69) is 25.8 Å². The zero-order valence-electron chi connectivity index (χ0n) is 7.96. The van der Waals surface area contributed by atoms with Crippen LogP contribution in [-0.4, -0.2) is 4.98 Å². The van der Waals surface area contributed by atoms with Gasteiger partial charge in [0.05, 0.1) is 5.69 Å². The van der Waals surface area contributed by atoms with E-state index in [1.807, 2.05) is 12.3 Å². The standard InChI is InChI=1S/C10H16N2/c1-10(2,3)5-8-4-9(11)7-12-6-8/h4,6-7H,5,11H2,1-3H3. The van der Waals surface area contributed by atoms with Crippen molar-refractivity contribution in [2.45, 2.75) is 27.2 Å². The third kappa shape index (κ3) is 2.91. The molecule has 2 N–H and O–H groups in total. The molecule has 0 fully saturated rings. The molecular weight excluding hydrogens is 148 g/mol. The molecule has 0 aliphatic carbocycles. The summed E-state index contributed by atoms with van der Waals surface area (Å²) in [6.45, 7) is 6.61. The molecule has 0 radical (unpaired) electrons. The molecule has 66 valence electrons. The van der Waals surface area contributed by atoms with Crippen molar-refractivity contribution in [1.29, 1.82) is 0 Å². The fourth-order valence-corrected chi connectivity index (χ4v) is 1.22. The van der Waals surface area contributed by atoms with Gasteiger partial charge in [0.1, 0.15) is 0 Å². The van der Waals surface area contributed by atoms with Crippen LogP contribution in [0.4, 0.5) is 5.69 Å². The largest absolute Gasteiger partial charge is 0.397 e. The Balaban J connectivity index is 2.77. The third-order valence-electron chi connectivity index (χ3n) is 1.55. The van der Waals surface area contributed by atoms with Crippen LogP contribution >= 0.6 is 0 Å². The lowest BCUT2D eigenvalue weighted by Gasteiger charge is -2.17. The number of hydrogen-bond acceptors (Lipinski definition) is 2. The summed E-state index contributed by atoms with van der Waals surface area (Å²) in [5, 5.41) is 0. The fraction of sp³-hybridized carbons (Fsp3) is 0.500. The number of rotatable bonds is 1. The number of hydrogen-bond donors (Lipinski definition) is 1. The van der Waals surface area contributed by atoms with Crippen LogP contribution in [0, 0.1) is 5.41 Å². The van der Waals surface area contributed by atoms with Gasteiger partial charge in [-0.15, -0.1) is 0 Å². The highest BCUT2D eigenvalue weighted by Crippen LogP contribution is 2.20. The van der Waals surface area contributed by atoms with E-state index >= 15 is 0 Å². The maximum absolute atomic E-state index is 5.61. The summed E-state index contributed by atoms with van der Waals surface area (Å²) in [5.41, 5.74) is 7.87. The zero-order chi connectivity index (χ0) is 9.19. The van der Waals surface area contributed by atoms with Crippen molar-refractivity contribution in [2.24, 2.45) is 5.41 Å². The van der Waals surface area contributed by atoms with Gasteiger partial charge in [-0.2, -0.15) is 0 Å². The topological polar surface area (TPSA) is 38.9 Å². The second kappa shape index (κ2) is 3.13. The lowest BCUT2D eigenvalue weighted by Crippen LogP contribution is -2.09. The summed E-state index contributed by atoms with van der Waals surface area (Å²) in [4.78, 5) is 4.04. The molecule has 2 heteroatoms. The Kier molecular flexibility index (Phi) is 2.36. The molecule has 1 heterocycles. The molecule has 0 saturated carbocycles. The third-order valence-corrected chi connectivity index (χ3v) is 1.55. The first kappa shape index (κ1) is 9.04. The molecule has 1 rings (SSSR count). The molecule has 12 heavy (non-hydrogen) atoms. The molecular formula is C10H16N2. The SMILES string of the molecule is CC(C)(C)Cc1cncc(N)c1. The van der Waals surface area contributed by atoms with E-state index in [0.29, 0.717) is 5.41 Å². The van der Waals surface area contributed by atoms with Crippen molar-refractivity contribution in [3.05, 3.63) is 24.0 Å². The van der Waals surface area contributed by atoms with Crippen LogP contribution in [0.2, 0.25) is 0 Å². The highest BCUT2D eigenvalue weighted by molar-refractivity contribution is 5.37. The van der Waals surface area contributed by atoms with Crippen LogP contribution < -0.4 is 5.73 Å². The molecule has 1 aromatic rings. The normalized spacial score (nSPS) is 11.6. The van der Waals surface area contributed by atoms with Gasteiger partial charge in [-0.3, -0.25) is 4.98 Å². The Morgan fingerprint density at radius 2 is 2.00 bits per heavy atom. The molecule has 0 aliphatic heterocycles. The first-order chi connectivity index (χ1) is 5.47. The van der Waals surface area contributed by atoms with Crippen molar-refractivity contribution in [3.63, 3.8) is 0 Å². The Morgan fingerprint density at radius 3 is 2.50 bits per heavy atom. The van der Waals surface area contributed by atoms with Crippen molar-refractivity contribution < 1.29 is 0 Å². The monoisotopic (exact) mass is 164 g/mol. The molecule has 0 bridgehead atoms. The predicted octanol–water partition coefficient (Wildman–Crippen LogP) is 2.25. The number of anilines is 1. The Hall–Kier alpha value is -1.05. The van der Waals surface area contributed by atoms with E-state index in [1.54, 1.807) is 6.20 Å². The lowest BCUT2D eigenvalue weighted by atomic mass is 9.89. The number of aromatic nitrogens is 1. The quantitative estimate of drug-likeness (QED) is 0.691. The summed E-state index contributed by atoms with van der Waals surface area (Å²) in [7, 11) is 0. The van der Waals surface area contributed by atoms with Crippen molar-refractivity contribution in [1.82, 2.24) is 4.98 Å². The summed E-state index contributed by atoms with van der Waals surface area (Å²) in [5.74, 6) is 0. The highest BCUT2D eigenvalue weighted by Gasteiger charge is 2.11. The van der Waals surface area contributed by atoms with Crippen molar-refractivity contribution >= 4 is 5.69 Å². The van der Waals surface area contributed by atoms with E-state index < -0.39 is 0 Å². The van der Waals surface area contributed by atoms with E-state index in [9.17, 15) is 0 Å². The first-order valence-electron chi connectivity index (χ1n) is 4.17. The maximum Gasteiger partial charge on any atom is 0.0503 e. The second-order valence-corrected chi connectivity index (χ2v) is 4.36. The van der Waals surface area contributed by atoms with Crippen LogP contribution in [0.1, 0.15) is 26.3 Å². The fourth-order valence-electron chi connectivity index (χ4n) is 1.22. The molecule has 0 aliphatic rings. The van der Waals surface area contributed by atoms with Gasteiger partial charge in [0.25, 0.3) is 0 Å². The van der Waals surface area contributed by atoms with Crippen LogP contribution in [0.15, 0.2) is 18.5 Å². The minimum Gasteiger partial charge on any atom is -0.397 e. The second-order valence-electron chi connectivity index (χ2n) is 4.36. The van der Waals surface area contributed by atoms with Gasteiger partial charge in [0.15, 0.2) is 0 Å². The van der Waals surface area contributed by atoms with Crippen LogP contribution in [-0.2, 0) is 6.42 Å². The number of nitrogens with zero attached hydrogens (tertiary/aromatic N) is 1. The van der Waals surface area contributed by atoms with Gasteiger partial charge in [-0.1, -0.05) is 20.8 Å². The molecule has 0 unspecified atom stereocenters. The summed E-state index contributed by atoms with van der Waals surface area (Å²) >= 11 is 0. The Bertz CT molecular complexity index is 261. The zero-order valence-corrected chi connectivity index (χ0v) is 7.96. The van der Waals surface area contributed by atoms with E-state index in [4.69, 9.17) is 5.73 Å². The predicted molar refractivity (Wildman–Crippen MR) is 51.8 cm³/mol. The molecule has 0 spiro atoms. The smallest absolute Gasteiger partial charge is 0.0503 e. The van der Waals surface area contributed by atoms with Gasteiger partial charge >= 0.3 is 0 Å². The lowest BCUT2D eigenvalue weighted by molar-refractivity contribution is 0.411. The van der Waals surface area contributed by atoms with Gasteiger partial charge in [-0.05, 0) is 23.5 Å². The maximum atomic E-state index is 5.61. The van der Waals surface area contributed by atoms with E-state index in [-0.39, 0.29) is 0 Å². The first-order valence-corrected chi connectivity index (χ1v) is 4.17. The minimum absolute atomic E-state index is 0.301. The summed E-state index contributed by atoms with van der Waals surface area (Å²) in [6, 6.07) is 1.98. The van der Waals surface area contributed by atoms with Gasteiger partial charge in [0, 0.05) is 12.4 Å². The van der Waals surface area contributed by atoms with Crippen molar-refractivity contribution in [2.75, 3.05) is 5.73 Å². The number of nitrogens with two attached hydrogens (primary N) is 1. The number of nitrogen functional groups attached to an aromatic ring is 1. The number of pyridine rings is 1. The minimum atomic E-state index is 0.301. The summed E-state index contributed by atoms with van der Waals surface area (Å²) < 4.78 is 0. The average Bonchev–Trinajstić information content (AvgIpc) is 1.82. The van der Waals surface area contributed by atoms with Gasteiger partial charge < -0.3 is 5.73 Å². The molecule has 0 atom stereocenters. The highest BCUT2D eigenvalue weighted by atomic mass is 14.7. The average molecular weight is 164 g/mol. The molecule has 1 aromatic heterocycles. The molecule has 0 saturated heterocycles. The molecule has 0 amide bonds. The van der Waals surface area contributed by atoms with Gasteiger partial charge in [-0.25, -0.2) is 0 Å². The Labute approximate surface area is 73.8 Å². The van der Waals surface area contributed by atoms with Crippen molar-refractivity contribution in [3.8, 4) is 0 Å². The molecule has 0 aromatic carbocycles. The van der Waals surface area contributed by atoms with E-state index in [0.717, 1.165) is 12.1 Å². The van der Waals surface area contributed by atoms with Crippen LogP contribution in [0.5, 0.6) is 0 Å². The van der Waals surface area contributed by atoms with Crippen LogP contribution in [0.3, 0.4) is 0 Å².